The Balaban J connectivity index is 1.42. The average Bonchev–Trinajstić information content (AvgIpc) is 3.28. The van der Waals surface area contributed by atoms with Crippen LogP contribution in [0.15, 0.2) is 30.3 Å². The highest BCUT2D eigenvalue weighted by molar-refractivity contribution is 6.30. The Kier molecular flexibility index (Phi) is 4.95. The predicted octanol–water partition coefficient (Wildman–Crippen LogP) is 2.94. The number of alkyl carbamates (subject to hydrolysis) is 1. The van der Waals surface area contributed by atoms with E-state index in [2.05, 4.69) is 15.6 Å². The summed E-state index contributed by atoms with van der Waals surface area (Å²) >= 11 is 6.02. The Bertz CT molecular complexity index is 936. The minimum Gasteiger partial charge on any atom is -0.481 e. The molecular formula is C19H19ClN4O4. The molecule has 0 aliphatic carbocycles. The summed E-state index contributed by atoms with van der Waals surface area (Å²) in [5.41, 5.74) is 2.95. The van der Waals surface area contributed by atoms with Gasteiger partial charge in [0.1, 0.15) is 12.4 Å². The fourth-order valence-corrected chi connectivity index (χ4v) is 3.56. The molecule has 1 fully saturated rings. The van der Waals surface area contributed by atoms with Gasteiger partial charge in [-0.3, -0.25) is 5.32 Å². The number of nitrogens with zero attached hydrogens (tertiary/aromatic N) is 2. The number of rotatable bonds is 4. The number of anilines is 1. The third kappa shape index (κ3) is 3.82. The van der Waals surface area contributed by atoms with Crippen LogP contribution in [-0.4, -0.2) is 41.8 Å². The number of hydrogen-bond donors (Lipinski definition) is 2. The molecule has 1 aromatic heterocycles. The van der Waals surface area contributed by atoms with Crippen molar-refractivity contribution in [3.8, 4) is 5.88 Å². The second kappa shape index (κ2) is 7.55. The van der Waals surface area contributed by atoms with Gasteiger partial charge in [-0.15, -0.1) is 0 Å². The molecule has 2 N–H and O–H groups in total. The molecule has 9 heteroatoms. The number of carbonyl (C=O) groups excluding carboxylic acids is 2. The van der Waals surface area contributed by atoms with Gasteiger partial charge in [-0.1, -0.05) is 17.7 Å². The van der Waals surface area contributed by atoms with Crippen LogP contribution in [0.3, 0.4) is 0 Å². The molecule has 0 unspecified atom stereocenters. The van der Waals surface area contributed by atoms with Crippen LogP contribution >= 0.6 is 11.6 Å². The lowest BCUT2D eigenvalue weighted by Crippen LogP contribution is -2.30. The number of carbonyl (C=O) groups is 2. The van der Waals surface area contributed by atoms with Crippen molar-refractivity contribution in [2.75, 3.05) is 19.0 Å². The van der Waals surface area contributed by atoms with Crippen molar-refractivity contribution in [3.63, 3.8) is 0 Å². The quantitative estimate of drug-likeness (QED) is 0.820. The number of benzene rings is 1. The number of hydrogen-bond acceptors (Lipinski definition) is 5. The zero-order valence-corrected chi connectivity index (χ0v) is 16.0. The second-order valence-corrected chi connectivity index (χ2v) is 7.14. The molecule has 146 valence electrons. The first-order valence-corrected chi connectivity index (χ1v) is 9.20. The lowest BCUT2D eigenvalue weighted by molar-refractivity contribution is 0.176. The van der Waals surface area contributed by atoms with Crippen LogP contribution in [0.4, 0.5) is 15.4 Å². The van der Waals surface area contributed by atoms with Crippen molar-refractivity contribution in [2.24, 2.45) is 0 Å². The minimum absolute atomic E-state index is 0.126. The molecule has 1 saturated heterocycles. The largest absolute Gasteiger partial charge is 0.481 e. The zero-order valence-electron chi connectivity index (χ0n) is 15.2. The molecule has 3 amide bonds. The number of pyridine rings is 1. The van der Waals surface area contributed by atoms with Crippen LogP contribution in [-0.2, 0) is 24.2 Å². The molecule has 0 bridgehead atoms. The van der Waals surface area contributed by atoms with Crippen molar-refractivity contribution in [3.05, 3.63) is 52.0 Å². The number of fused-ring (bicyclic) bond motifs is 1. The van der Waals surface area contributed by atoms with E-state index >= 15 is 0 Å². The third-order valence-electron chi connectivity index (χ3n) is 4.75. The van der Waals surface area contributed by atoms with Gasteiger partial charge in [0, 0.05) is 30.1 Å². The monoisotopic (exact) mass is 402 g/mol. The fourth-order valence-electron chi connectivity index (χ4n) is 3.37. The van der Waals surface area contributed by atoms with Gasteiger partial charge < -0.3 is 19.7 Å². The van der Waals surface area contributed by atoms with E-state index in [-0.39, 0.29) is 12.1 Å². The lowest BCUT2D eigenvalue weighted by Gasteiger charge is -2.17. The van der Waals surface area contributed by atoms with Gasteiger partial charge in [-0.2, -0.15) is 4.98 Å². The van der Waals surface area contributed by atoms with E-state index in [1.54, 1.807) is 11.0 Å². The first-order valence-electron chi connectivity index (χ1n) is 8.82. The van der Waals surface area contributed by atoms with E-state index in [1.165, 1.54) is 7.11 Å². The van der Waals surface area contributed by atoms with Crippen LogP contribution in [0, 0.1) is 0 Å². The first kappa shape index (κ1) is 18.4. The molecule has 1 atom stereocenters. The standard InChI is InChI=1S/C19H19ClN4O4/c1-27-17-11(7-15-10-28-19(26)21-15)3-5-16(22-17)23-18(25)24-8-12-2-4-14(20)6-13(12)9-24/h2-6,15H,7-10H2,1H3,(H,21,26)(H,22,23,25)/t15-/m0/s1. The number of urea groups is 1. The van der Waals surface area contributed by atoms with E-state index < -0.39 is 6.09 Å². The van der Waals surface area contributed by atoms with Crippen LogP contribution in [0.1, 0.15) is 16.7 Å². The summed E-state index contributed by atoms with van der Waals surface area (Å²) in [5, 5.41) is 6.18. The number of ether oxygens (including phenoxy) is 2. The van der Waals surface area contributed by atoms with Gasteiger partial charge in [-0.25, -0.2) is 9.59 Å². The summed E-state index contributed by atoms with van der Waals surface area (Å²) in [5.74, 6) is 0.793. The normalized spacial score (nSPS) is 17.7. The van der Waals surface area contributed by atoms with E-state index in [4.69, 9.17) is 21.1 Å². The molecule has 2 aliphatic rings. The van der Waals surface area contributed by atoms with Crippen LogP contribution in [0.2, 0.25) is 5.02 Å². The number of cyclic esters (lactones) is 1. The zero-order chi connectivity index (χ0) is 19.7. The topological polar surface area (TPSA) is 92.8 Å². The summed E-state index contributed by atoms with van der Waals surface area (Å²) < 4.78 is 10.2. The number of halogens is 1. The molecule has 0 radical (unpaired) electrons. The smallest absolute Gasteiger partial charge is 0.407 e. The number of aromatic nitrogens is 1. The first-order chi connectivity index (χ1) is 13.5. The van der Waals surface area contributed by atoms with E-state index in [9.17, 15) is 9.59 Å². The van der Waals surface area contributed by atoms with Crippen LogP contribution in [0.5, 0.6) is 5.88 Å². The van der Waals surface area contributed by atoms with Gasteiger partial charge in [0.15, 0.2) is 0 Å². The van der Waals surface area contributed by atoms with E-state index in [0.717, 1.165) is 16.7 Å². The van der Waals surface area contributed by atoms with Crippen molar-refractivity contribution in [1.29, 1.82) is 0 Å². The summed E-state index contributed by atoms with van der Waals surface area (Å²) in [6, 6.07) is 8.81. The van der Waals surface area contributed by atoms with Gasteiger partial charge in [0.2, 0.25) is 5.88 Å². The molecule has 8 nitrogen and oxygen atoms in total. The molecule has 28 heavy (non-hydrogen) atoms. The number of nitrogens with one attached hydrogen (secondary N) is 2. The Hall–Kier alpha value is -3.00. The fraction of sp³-hybridized carbons (Fsp3) is 0.316. The SMILES string of the molecule is COc1nc(NC(=O)N2Cc3ccc(Cl)cc3C2)ccc1C[C@H]1COC(=O)N1. The van der Waals surface area contributed by atoms with Gasteiger partial charge in [-0.05, 0) is 35.4 Å². The maximum Gasteiger partial charge on any atom is 0.407 e. The molecular weight excluding hydrogens is 384 g/mol. The maximum absolute atomic E-state index is 12.6. The molecule has 4 rings (SSSR count). The van der Waals surface area contributed by atoms with Crippen molar-refractivity contribution >= 4 is 29.5 Å². The molecule has 0 spiro atoms. The third-order valence-corrected chi connectivity index (χ3v) is 4.98. The van der Waals surface area contributed by atoms with Gasteiger partial charge in [0.25, 0.3) is 0 Å². The maximum atomic E-state index is 12.6. The lowest BCUT2D eigenvalue weighted by atomic mass is 10.1. The van der Waals surface area contributed by atoms with Crippen LogP contribution in [0.25, 0.3) is 0 Å². The summed E-state index contributed by atoms with van der Waals surface area (Å²) in [4.78, 5) is 29.8. The van der Waals surface area contributed by atoms with E-state index in [0.29, 0.717) is 42.8 Å². The molecule has 1 aromatic carbocycles. The molecule has 2 aliphatic heterocycles. The highest BCUT2D eigenvalue weighted by Gasteiger charge is 2.25. The Morgan fingerprint density at radius 1 is 1.36 bits per heavy atom. The van der Waals surface area contributed by atoms with Gasteiger partial charge in [0.05, 0.1) is 13.2 Å². The summed E-state index contributed by atoms with van der Waals surface area (Å²) in [7, 11) is 1.52. The van der Waals surface area contributed by atoms with Crippen molar-refractivity contribution < 1.29 is 19.1 Å². The van der Waals surface area contributed by atoms with Crippen molar-refractivity contribution in [2.45, 2.75) is 25.6 Å². The Morgan fingerprint density at radius 2 is 2.18 bits per heavy atom. The van der Waals surface area contributed by atoms with Crippen LogP contribution < -0.4 is 15.4 Å². The number of amides is 3. The Labute approximate surface area is 166 Å². The highest BCUT2D eigenvalue weighted by atomic mass is 35.5. The van der Waals surface area contributed by atoms with E-state index in [1.807, 2.05) is 24.3 Å². The average molecular weight is 403 g/mol. The predicted molar refractivity (Wildman–Crippen MR) is 102 cm³/mol. The molecule has 0 saturated carbocycles. The minimum atomic E-state index is -0.422. The molecule has 3 heterocycles. The summed E-state index contributed by atoms with van der Waals surface area (Å²) in [6.07, 6.45) is 0.104. The van der Waals surface area contributed by atoms with Crippen molar-refractivity contribution in [1.82, 2.24) is 15.2 Å². The second-order valence-electron chi connectivity index (χ2n) is 6.71. The summed E-state index contributed by atoms with van der Waals surface area (Å²) in [6.45, 7) is 1.33. The van der Waals surface area contributed by atoms with Gasteiger partial charge >= 0.3 is 12.1 Å². The highest BCUT2D eigenvalue weighted by Crippen LogP contribution is 2.27. The number of methoxy groups -OCH3 is 1. The molecule has 2 aromatic rings. The Morgan fingerprint density at radius 3 is 2.93 bits per heavy atom.